The van der Waals surface area contributed by atoms with E-state index in [2.05, 4.69) is 21.2 Å². The van der Waals surface area contributed by atoms with Gasteiger partial charge in [0, 0.05) is 10.0 Å². The average molecular weight is 334 g/mol. The van der Waals surface area contributed by atoms with Crippen LogP contribution >= 0.6 is 15.9 Å². The van der Waals surface area contributed by atoms with E-state index in [1.54, 1.807) is 42.5 Å². The Hall–Kier alpha value is -2.14. The number of hydrogen-bond donors (Lipinski definition) is 1. The Bertz CT molecular complexity index is 614. The van der Waals surface area contributed by atoms with Gasteiger partial charge in [0.1, 0.15) is 12.3 Å². The highest BCUT2D eigenvalue weighted by Gasteiger charge is 2.09. The lowest BCUT2D eigenvalue weighted by Crippen LogP contribution is -2.31. The van der Waals surface area contributed by atoms with E-state index in [9.17, 15) is 9.59 Å². The molecule has 0 bridgehead atoms. The van der Waals surface area contributed by atoms with Gasteiger partial charge >= 0.3 is 5.97 Å². The summed E-state index contributed by atoms with van der Waals surface area (Å²) in [6, 6.07) is 15.6. The van der Waals surface area contributed by atoms with E-state index in [1.807, 2.05) is 12.1 Å². The summed E-state index contributed by atoms with van der Waals surface area (Å²) in [5.41, 5.74) is 0.503. The number of esters is 1. The lowest BCUT2D eigenvalue weighted by atomic mass is 10.2. The number of rotatable bonds is 4. The van der Waals surface area contributed by atoms with Crippen molar-refractivity contribution in [3.63, 3.8) is 0 Å². The van der Waals surface area contributed by atoms with Crippen LogP contribution in [0.15, 0.2) is 59.1 Å². The van der Waals surface area contributed by atoms with E-state index >= 15 is 0 Å². The minimum Gasteiger partial charge on any atom is -0.425 e. The molecule has 0 aromatic heterocycles. The van der Waals surface area contributed by atoms with Gasteiger partial charge in [-0.25, -0.2) is 4.79 Å². The van der Waals surface area contributed by atoms with Crippen LogP contribution in [0.2, 0.25) is 0 Å². The highest BCUT2D eigenvalue weighted by atomic mass is 79.9. The van der Waals surface area contributed by atoms with Crippen LogP contribution in [0.3, 0.4) is 0 Å². The summed E-state index contributed by atoms with van der Waals surface area (Å²) in [6.07, 6.45) is 0. The van der Waals surface area contributed by atoms with Crippen molar-refractivity contribution in [2.75, 3.05) is 6.54 Å². The molecule has 2 rings (SSSR count). The summed E-state index contributed by atoms with van der Waals surface area (Å²) in [6.45, 7) is -0.180. The number of carbonyl (C=O) groups is 2. The fourth-order valence-electron chi connectivity index (χ4n) is 1.54. The Balaban J connectivity index is 1.85. The molecule has 20 heavy (non-hydrogen) atoms. The van der Waals surface area contributed by atoms with Crippen molar-refractivity contribution in [1.29, 1.82) is 0 Å². The molecule has 0 saturated carbocycles. The molecule has 0 fully saturated rings. The number of halogens is 1. The molecule has 0 aliphatic heterocycles. The zero-order valence-electron chi connectivity index (χ0n) is 10.5. The van der Waals surface area contributed by atoms with Crippen LogP contribution in [0.25, 0.3) is 0 Å². The van der Waals surface area contributed by atoms with Crippen molar-refractivity contribution in [3.05, 3.63) is 64.6 Å². The molecule has 0 unspecified atom stereocenters. The van der Waals surface area contributed by atoms with Gasteiger partial charge in [0.2, 0.25) is 0 Å². The van der Waals surface area contributed by atoms with Crippen LogP contribution in [-0.4, -0.2) is 18.4 Å². The summed E-state index contributed by atoms with van der Waals surface area (Å²) >= 11 is 3.28. The van der Waals surface area contributed by atoms with E-state index in [1.165, 1.54) is 0 Å². The lowest BCUT2D eigenvalue weighted by molar-refractivity contribution is -0.133. The number of hydrogen-bond acceptors (Lipinski definition) is 3. The Morgan fingerprint density at radius 3 is 2.50 bits per heavy atom. The Morgan fingerprint density at radius 2 is 1.80 bits per heavy atom. The van der Waals surface area contributed by atoms with Gasteiger partial charge in [-0.3, -0.25) is 4.79 Å². The van der Waals surface area contributed by atoms with Crippen LogP contribution in [0, 0.1) is 0 Å². The maximum atomic E-state index is 11.7. The molecular formula is C15H12BrNO3. The molecule has 0 aliphatic carbocycles. The molecule has 1 N–H and O–H groups in total. The zero-order chi connectivity index (χ0) is 14.4. The number of benzene rings is 2. The van der Waals surface area contributed by atoms with E-state index in [-0.39, 0.29) is 12.5 Å². The molecule has 0 aliphatic rings. The Morgan fingerprint density at radius 1 is 1.05 bits per heavy atom. The maximum Gasteiger partial charge on any atom is 0.330 e. The number of ether oxygens (including phenoxy) is 1. The average Bonchev–Trinajstić information content (AvgIpc) is 2.46. The third-order valence-electron chi connectivity index (χ3n) is 2.46. The van der Waals surface area contributed by atoms with E-state index in [0.717, 1.165) is 4.47 Å². The van der Waals surface area contributed by atoms with Crippen molar-refractivity contribution in [2.45, 2.75) is 0 Å². The molecule has 5 heteroatoms. The quantitative estimate of drug-likeness (QED) is 0.691. The zero-order valence-corrected chi connectivity index (χ0v) is 12.1. The van der Waals surface area contributed by atoms with Crippen molar-refractivity contribution in [3.8, 4) is 5.75 Å². The smallest absolute Gasteiger partial charge is 0.330 e. The second-order valence-corrected chi connectivity index (χ2v) is 4.90. The minimum absolute atomic E-state index is 0.180. The van der Waals surface area contributed by atoms with Gasteiger partial charge < -0.3 is 10.1 Å². The number of carbonyl (C=O) groups excluding carboxylic acids is 2. The predicted molar refractivity (Wildman–Crippen MR) is 78.6 cm³/mol. The van der Waals surface area contributed by atoms with Gasteiger partial charge in [-0.05, 0) is 30.3 Å². The molecule has 0 spiro atoms. The van der Waals surface area contributed by atoms with Gasteiger partial charge in [-0.1, -0.05) is 40.2 Å². The highest BCUT2D eigenvalue weighted by molar-refractivity contribution is 9.10. The second kappa shape index (κ2) is 6.86. The van der Waals surface area contributed by atoms with Crippen molar-refractivity contribution < 1.29 is 14.3 Å². The van der Waals surface area contributed by atoms with Crippen LogP contribution in [0.5, 0.6) is 5.75 Å². The topological polar surface area (TPSA) is 55.4 Å². The van der Waals surface area contributed by atoms with Crippen LogP contribution in [0.1, 0.15) is 10.4 Å². The summed E-state index contributed by atoms with van der Waals surface area (Å²) in [5.74, 6) is -0.400. The van der Waals surface area contributed by atoms with Gasteiger partial charge in [0.25, 0.3) is 5.91 Å². The fraction of sp³-hybridized carbons (Fsp3) is 0.0667. The Labute approximate surface area is 124 Å². The summed E-state index contributed by atoms with van der Waals surface area (Å²) < 4.78 is 5.91. The van der Waals surface area contributed by atoms with Gasteiger partial charge in [0.05, 0.1) is 0 Å². The normalized spacial score (nSPS) is 9.85. The fourth-order valence-corrected chi connectivity index (χ4v) is 1.92. The molecule has 4 nitrogen and oxygen atoms in total. The number of nitrogens with one attached hydrogen (secondary N) is 1. The summed E-state index contributed by atoms with van der Waals surface area (Å²) in [7, 11) is 0. The molecule has 102 valence electrons. The molecule has 0 atom stereocenters. The molecule has 1 amide bonds. The molecule has 0 heterocycles. The monoisotopic (exact) mass is 333 g/mol. The largest absolute Gasteiger partial charge is 0.425 e. The van der Waals surface area contributed by atoms with Crippen LogP contribution < -0.4 is 10.1 Å². The van der Waals surface area contributed by atoms with E-state index < -0.39 is 5.97 Å². The summed E-state index contributed by atoms with van der Waals surface area (Å²) in [4.78, 5) is 23.3. The molecule has 0 saturated heterocycles. The predicted octanol–water partition coefficient (Wildman–Crippen LogP) is 2.78. The van der Waals surface area contributed by atoms with E-state index in [4.69, 9.17) is 4.74 Å². The second-order valence-electron chi connectivity index (χ2n) is 3.98. The molecule has 2 aromatic carbocycles. The van der Waals surface area contributed by atoms with Gasteiger partial charge in [-0.15, -0.1) is 0 Å². The molecular weight excluding hydrogens is 322 g/mol. The van der Waals surface area contributed by atoms with Gasteiger partial charge in [-0.2, -0.15) is 0 Å². The first-order chi connectivity index (χ1) is 9.65. The van der Waals surface area contributed by atoms with Gasteiger partial charge in [0.15, 0.2) is 0 Å². The standard InChI is InChI=1S/C15H12BrNO3/c16-12-7-4-8-13(9-12)20-14(18)10-17-15(19)11-5-2-1-3-6-11/h1-9H,10H2,(H,17,19). The van der Waals surface area contributed by atoms with Crippen LogP contribution in [-0.2, 0) is 4.79 Å². The minimum atomic E-state index is -0.521. The summed E-state index contributed by atoms with van der Waals surface area (Å²) in [5, 5.41) is 2.51. The third-order valence-corrected chi connectivity index (χ3v) is 2.95. The molecule has 0 radical (unpaired) electrons. The first-order valence-corrected chi connectivity index (χ1v) is 6.74. The Kier molecular flexibility index (Phi) is 4.90. The third kappa shape index (κ3) is 4.20. The lowest BCUT2D eigenvalue weighted by Gasteiger charge is -2.06. The van der Waals surface area contributed by atoms with Crippen molar-refractivity contribution in [2.24, 2.45) is 0 Å². The van der Waals surface area contributed by atoms with Crippen molar-refractivity contribution in [1.82, 2.24) is 5.32 Å². The highest BCUT2D eigenvalue weighted by Crippen LogP contribution is 2.17. The molecule has 2 aromatic rings. The SMILES string of the molecule is O=C(CNC(=O)c1ccccc1)Oc1cccc(Br)c1. The van der Waals surface area contributed by atoms with Crippen LogP contribution in [0.4, 0.5) is 0 Å². The van der Waals surface area contributed by atoms with E-state index in [0.29, 0.717) is 11.3 Å². The maximum absolute atomic E-state index is 11.7. The first kappa shape index (κ1) is 14.3. The number of amides is 1. The van der Waals surface area contributed by atoms with Crippen molar-refractivity contribution >= 4 is 27.8 Å². The first-order valence-electron chi connectivity index (χ1n) is 5.94.